The summed E-state index contributed by atoms with van der Waals surface area (Å²) in [5.41, 5.74) is -0.462. The Morgan fingerprint density at radius 1 is 1.14 bits per heavy atom. The number of urea groups is 1. The molecule has 1 aliphatic heterocycles. The molecule has 1 aliphatic rings. The van der Waals surface area contributed by atoms with Crippen molar-refractivity contribution in [2.75, 3.05) is 30.8 Å². The highest BCUT2D eigenvalue weighted by atomic mass is 19.1. The number of ether oxygens (including phenoxy) is 2. The number of nitrogens with one attached hydrogen (secondary N) is 2. The fourth-order valence-corrected chi connectivity index (χ4v) is 2.79. The lowest BCUT2D eigenvalue weighted by Gasteiger charge is -2.30. The van der Waals surface area contributed by atoms with Gasteiger partial charge in [-0.15, -0.1) is 0 Å². The van der Waals surface area contributed by atoms with E-state index >= 15 is 0 Å². The third-order valence-corrected chi connectivity index (χ3v) is 4.17. The average Bonchev–Trinajstić information content (AvgIpc) is 2.61. The number of halogens is 1. The number of methoxy groups -OCH3 is 1. The van der Waals surface area contributed by atoms with Crippen molar-refractivity contribution in [1.29, 1.82) is 0 Å². The van der Waals surface area contributed by atoms with Crippen molar-refractivity contribution >= 4 is 29.5 Å². The van der Waals surface area contributed by atoms with E-state index in [-0.39, 0.29) is 23.3 Å². The molecule has 154 valence electrons. The monoisotopic (exact) mass is 395 g/mol. The number of carbonyl (C=O) groups excluding carboxylic acids is 3. The zero-order chi connectivity index (χ0) is 20.9. The van der Waals surface area contributed by atoms with Gasteiger partial charge in [-0.05, 0) is 51.8 Å². The maximum atomic E-state index is 14.3. The largest absolute Gasteiger partial charge is 0.469 e. The van der Waals surface area contributed by atoms with E-state index in [1.54, 1.807) is 20.8 Å². The molecule has 0 aliphatic carbocycles. The first-order valence-electron chi connectivity index (χ1n) is 9.02. The van der Waals surface area contributed by atoms with E-state index in [1.165, 1.54) is 24.1 Å². The highest BCUT2D eigenvalue weighted by molar-refractivity contribution is 5.90. The third-order valence-electron chi connectivity index (χ3n) is 4.17. The number of carbonyl (C=O) groups is 3. The van der Waals surface area contributed by atoms with Crippen LogP contribution in [0.5, 0.6) is 0 Å². The van der Waals surface area contributed by atoms with Crippen molar-refractivity contribution in [3.63, 3.8) is 0 Å². The Morgan fingerprint density at radius 2 is 1.79 bits per heavy atom. The summed E-state index contributed by atoms with van der Waals surface area (Å²) in [5.74, 6) is -1.19. The van der Waals surface area contributed by atoms with Gasteiger partial charge >= 0.3 is 18.1 Å². The Bertz CT molecular complexity index is 740. The predicted molar refractivity (Wildman–Crippen MR) is 102 cm³/mol. The van der Waals surface area contributed by atoms with Crippen LogP contribution in [0.3, 0.4) is 0 Å². The molecule has 1 aromatic rings. The Hall–Kier alpha value is -2.84. The van der Waals surface area contributed by atoms with Crippen LogP contribution in [0.25, 0.3) is 0 Å². The Kier molecular flexibility index (Phi) is 6.82. The van der Waals surface area contributed by atoms with E-state index in [2.05, 4.69) is 10.6 Å². The molecule has 2 rings (SSSR count). The summed E-state index contributed by atoms with van der Waals surface area (Å²) in [6.07, 6.45) is 0.306. The number of amides is 3. The third kappa shape index (κ3) is 6.11. The molecule has 0 atom stereocenters. The van der Waals surface area contributed by atoms with E-state index < -0.39 is 23.5 Å². The second-order valence-electron chi connectivity index (χ2n) is 7.54. The van der Waals surface area contributed by atoms with Gasteiger partial charge in [0, 0.05) is 18.8 Å². The number of benzene rings is 1. The second-order valence-corrected chi connectivity index (χ2v) is 7.54. The van der Waals surface area contributed by atoms with Gasteiger partial charge in [0.2, 0.25) is 0 Å². The summed E-state index contributed by atoms with van der Waals surface area (Å²) in [4.78, 5) is 37.1. The molecule has 28 heavy (non-hydrogen) atoms. The van der Waals surface area contributed by atoms with Crippen molar-refractivity contribution in [3.8, 4) is 0 Å². The minimum absolute atomic E-state index is 0.00479. The van der Waals surface area contributed by atoms with Gasteiger partial charge in [-0.3, -0.25) is 10.1 Å². The topological polar surface area (TPSA) is 97.0 Å². The molecule has 0 bridgehead atoms. The van der Waals surface area contributed by atoms with Crippen molar-refractivity contribution in [3.05, 3.63) is 24.0 Å². The van der Waals surface area contributed by atoms with Gasteiger partial charge in [0.05, 0.1) is 18.7 Å². The van der Waals surface area contributed by atoms with Crippen molar-refractivity contribution in [2.24, 2.45) is 5.92 Å². The smallest absolute Gasteiger partial charge is 0.412 e. The molecule has 0 aromatic heterocycles. The summed E-state index contributed by atoms with van der Waals surface area (Å²) < 4.78 is 24.1. The van der Waals surface area contributed by atoms with Gasteiger partial charge < -0.3 is 19.7 Å². The summed E-state index contributed by atoms with van der Waals surface area (Å²) in [6.45, 7) is 5.93. The van der Waals surface area contributed by atoms with E-state index in [4.69, 9.17) is 9.47 Å². The van der Waals surface area contributed by atoms with E-state index in [1.807, 2.05) is 0 Å². The second kappa shape index (κ2) is 8.90. The summed E-state index contributed by atoms with van der Waals surface area (Å²) in [6, 6.07) is 3.48. The SMILES string of the molecule is COC(=O)C1CCN(C(=O)Nc2ccc(NC(=O)OC(C)(C)C)cc2F)CC1. The van der Waals surface area contributed by atoms with Gasteiger partial charge in [-0.2, -0.15) is 0 Å². The normalized spacial score (nSPS) is 15.0. The zero-order valence-corrected chi connectivity index (χ0v) is 16.5. The van der Waals surface area contributed by atoms with Crippen molar-refractivity contribution < 1.29 is 28.2 Å². The molecule has 1 saturated heterocycles. The van der Waals surface area contributed by atoms with Crippen LogP contribution < -0.4 is 10.6 Å². The summed E-state index contributed by atoms with van der Waals surface area (Å²) >= 11 is 0. The van der Waals surface area contributed by atoms with Crippen LogP contribution in [0, 0.1) is 11.7 Å². The number of rotatable bonds is 3. The molecule has 1 aromatic carbocycles. The molecule has 3 amide bonds. The standard InChI is InChI=1S/C19H26FN3O5/c1-19(2,3)28-18(26)21-13-5-6-15(14(20)11-13)22-17(25)23-9-7-12(8-10-23)16(24)27-4/h5-6,11-12H,7-10H2,1-4H3,(H,21,26)(H,22,25). The number of piperidine rings is 1. The molecule has 0 spiro atoms. The molecular formula is C19H26FN3O5. The molecular weight excluding hydrogens is 369 g/mol. The zero-order valence-electron chi connectivity index (χ0n) is 16.5. The van der Waals surface area contributed by atoms with Crippen molar-refractivity contribution in [2.45, 2.75) is 39.2 Å². The maximum Gasteiger partial charge on any atom is 0.412 e. The fourth-order valence-electron chi connectivity index (χ4n) is 2.79. The number of nitrogens with zero attached hydrogens (tertiary/aromatic N) is 1. The fraction of sp³-hybridized carbons (Fsp3) is 0.526. The Morgan fingerprint density at radius 3 is 2.32 bits per heavy atom. The van der Waals surface area contributed by atoms with Crippen LogP contribution in [-0.4, -0.2) is 48.8 Å². The van der Waals surface area contributed by atoms with Gasteiger partial charge in [0.15, 0.2) is 0 Å². The van der Waals surface area contributed by atoms with Crippen LogP contribution in [0.4, 0.5) is 25.4 Å². The molecule has 2 N–H and O–H groups in total. The molecule has 1 fully saturated rings. The molecule has 9 heteroatoms. The lowest BCUT2D eigenvalue weighted by atomic mass is 9.97. The molecule has 8 nitrogen and oxygen atoms in total. The lowest BCUT2D eigenvalue weighted by molar-refractivity contribution is -0.146. The first-order chi connectivity index (χ1) is 13.1. The van der Waals surface area contributed by atoms with Gasteiger partial charge in [0.25, 0.3) is 0 Å². The predicted octanol–water partition coefficient (Wildman–Crippen LogP) is 3.59. The highest BCUT2D eigenvalue weighted by Gasteiger charge is 2.28. The molecule has 0 unspecified atom stereocenters. The maximum absolute atomic E-state index is 14.3. The number of anilines is 2. The Labute approximate surface area is 163 Å². The molecule has 0 radical (unpaired) electrons. The highest BCUT2D eigenvalue weighted by Crippen LogP contribution is 2.22. The van der Waals surface area contributed by atoms with Crippen LogP contribution in [0.2, 0.25) is 0 Å². The summed E-state index contributed by atoms with van der Waals surface area (Å²) in [7, 11) is 1.34. The van der Waals surface area contributed by atoms with E-state index in [0.29, 0.717) is 25.9 Å². The first kappa shape index (κ1) is 21.5. The quantitative estimate of drug-likeness (QED) is 0.763. The van der Waals surface area contributed by atoms with E-state index in [9.17, 15) is 18.8 Å². The Balaban J connectivity index is 1.91. The molecule has 1 heterocycles. The lowest BCUT2D eigenvalue weighted by Crippen LogP contribution is -2.42. The van der Waals surface area contributed by atoms with Gasteiger partial charge in [-0.1, -0.05) is 0 Å². The van der Waals surface area contributed by atoms with Crippen LogP contribution in [-0.2, 0) is 14.3 Å². The minimum atomic E-state index is -0.697. The van der Waals surface area contributed by atoms with Crippen molar-refractivity contribution in [1.82, 2.24) is 4.90 Å². The van der Waals surface area contributed by atoms with Crippen LogP contribution >= 0.6 is 0 Å². The van der Waals surface area contributed by atoms with E-state index in [0.717, 1.165) is 6.07 Å². The van der Waals surface area contributed by atoms with Gasteiger partial charge in [-0.25, -0.2) is 14.0 Å². The summed E-state index contributed by atoms with van der Waals surface area (Å²) in [5, 5.41) is 4.94. The first-order valence-corrected chi connectivity index (χ1v) is 9.02. The van der Waals surface area contributed by atoms with Crippen LogP contribution in [0.15, 0.2) is 18.2 Å². The molecule has 0 saturated carbocycles. The van der Waals surface area contributed by atoms with Crippen LogP contribution in [0.1, 0.15) is 33.6 Å². The number of esters is 1. The number of likely N-dealkylation sites (tertiary alicyclic amines) is 1. The minimum Gasteiger partial charge on any atom is -0.469 e. The van der Waals surface area contributed by atoms with Gasteiger partial charge in [0.1, 0.15) is 11.4 Å². The average molecular weight is 395 g/mol. The number of hydrogen-bond acceptors (Lipinski definition) is 5. The number of hydrogen-bond donors (Lipinski definition) is 2.